The number of piperazine rings is 1. The average molecular weight is 740 g/mol. The van der Waals surface area contributed by atoms with Gasteiger partial charge in [-0.2, -0.15) is 5.10 Å². The molecule has 7 rings (SSSR count). The van der Waals surface area contributed by atoms with Gasteiger partial charge < -0.3 is 10.2 Å². The highest BCUT2D eigenvalue weighted by Crippen LogP contribution is 2.31. The maximum atomic E-state index is 13.4. The zero-order chi connectivity index (χ0) is 35.2. The van der Waals surface area contributed by atoms with Crippen LogP contribution >= 0.6 is 23.4 Å². The second kappa shape index (κ2) is 15.7. The topological polar surface area (TPSA) is 126 Å². The Bertz CT molecular complexity index is 2210. The second-order valence-electron chi connectivity index (χ2n) is 12.2. The van der Waals surface area contributed by atoms with Crippen molar-refractivity contribution < 1.29 is 13.6 Å². The third-order valence-corrected chi connectivity index (χ3v) is 11.5. The number of sulfonamides is 1. The summed E-state index contributed by atoms with van der Waals surface area (Å²) in [6.07, 6.45) is 0. The lowest BCUT2D eigenvalue weighted by Gasteiger charge is -2.36. The van der Waals surface area contributed by atoms with Crippen LogP contribution in [0.5, 0.6) is 0 Å². The largest absolute Gasteiger partial charge is 0.382 e. The number of rotatable bonds is 13. The standard InChI is InChI=1S/C38H38ClN7O3S2/c39-29-12-10-27(11-13-29)33-9-5-4-6-28(33)26-45-19-21-46(22-20-45)30-14-16-34-36(24-30)41-42-38(34)44-51(48,49)32-15-17-35(37(25-32)43-47)40-18-23-50-31-7-2-1-3-8-31/h1-17,24-25,40,43,47H,18-23,26H2,(H2,41,42,44). The minimum atomic E-state index is -4.01. The molecule has 0 saturated carbocycles. The molecule has 1 fully saturated rings. The lowest BCUT2D eigenvalue weighted by atomic mass is 9.99. The Labute approximate surface area is 306 Å². The zero-order valence-electron chi connectivity index (χ0n) is 27.7. The quantitative estimate of drug-likeness (QED) is 0.0455. The van der Waals surface area contributed by atoms with E-state index >= 15 is 0 Å². The van der Waals surface area contributed by atoms with E-state index in [2.05, 4.69) is 71.9 Å². The molecule has 262 valence electrons. The van der Waals surface area contributed by atoms with Crippen molar-refractivity contribution in [3.8, 4) is 11.1 Å². The molecule has 6 aromatic rings. The Balaban J connectivity index is 0.964. The molecule has 51 heavy (non-hydrogen) atoms. The number of fused-ring (bicyclic) bond motifs is 1. The van der Waals surface area contributed by atoms with E-state index in [1.807, 2.05) is 60.7 Å². The number of benzene rings is 5. The van der Waals surface area contributed by atoms with Crippen molar-refractivity contribution in [1.29, 1.82) is 0 Å². The fourth-order valence-electron chi connectivity index (χ4n) is 6.25. The van der Waals surface area contributed by atoms with Gasteiger partial charge in [0.25, 0.3) is 10.0 Å². The van der Waals surface area contributed by atoms with Crippen LogP contribution in [0.4, 0.5) is 22.9 Å². The number of anilines is 4. The minimum Gasteiger partial charge on any atom is -0.382 e. The predicted molar refractivity (Wildman–Crippen MR) is 209 cm³/mol. The van der Waals surface area contributed by atoms with Gasteiger partial charge in [0, 0.05) is 66.0 Å². The molecule has 5 N–H and O–H groups in total. The third kappa shape index (κ3) is 8.27. The van der Waals surface area contributed by atoms with E-state index in [-0.39, 0.29) is 16.4 Å². The summed E-state index contributed by atoms with van der Waals surface area (Å²) < 4.78 is 29.4. The van der Waals surface area contributed by atoms with Crippen molar-refractivity contribution in [2.75, 3.05) is 58.9 Å². The first kappa shape index (κ1) is 34.7. The average Bonchev–Trinajstić information content (AvgIpc) is 3.55. The normalized spacial score (nSPS) is 13.7. The van der Waals surface area contributed by atoms with Crippen LogP contribution in [0.15, 0.2) is 125 Å². The highest BCUT2D eigenvalue weighted by molar-refractivity contribution is 7.99. The van der Waals surface area contributed by atoms with Gasteiger partial charge in [-0.15, -0.1) is 11.8 Å². The number of nitrogens with zero attached hydrogens (tertiary/aromatic N) is 3. The van der Waals surface area contributed by atoms with Crippen LogP contribution in [0.25, 0.3) is 22.0 Å². The van der Waals surface area contributed by atoms with Crippen molar-refractivity contribution >= 4 is 67.2 Å². The van der Waals surface area contributed by atoms with Crippen LogP contribution in [0.1, 0.15) is 5.56 Å². The summed E-state index contributed by atoms with van der Waals surface area (Å²) in [5, 5.41) is 21.7. The fourth-order valence-corrected chi connectivity index (χ4v) is 8.21. The number of aromatic nitrogens is 2. The van der Waals surface area contributed by atoms with Gasteiger partial charge in [0.2, 0.25) is 0 Å². The molecule has 1 aromatic heterocycles. The Hall–Kier alpha value is -4.72. The van der Waals surface area contributed by atoms with Crippen LogP contribution in [0.2, 0.25) is 5.02 Å². The SMILES string of the molecule is O=S(=O)(Nc1n[nH]c2cc(N3CCN(Cc4ccccc4-c4ccc(Cl)cc4)CC3)ccc12)c1ccc(NCCSc2ccccc2)c(NO)c1. The molecule has 0 atom stereocenters. The number of nitrogens with one attached hydrogen (secondary N) is 4. The molecule has 1 saturated heterocycles. The molecular weight excluding hydrogens is 702 g/mol. The lowest BCUT2D eigenvalue weighted by molar-refractivity contribution is 0.250. The molecule has 0 bridgehead atoms. The van der Waals surface area contributed by atoms with Gasteiger partial charge in [-0.1, -0.05) is 66.2 Å². The summed E-state index contributed by atoms with van der Waals surface area (Å²) in [6.45, 7) is 5.02. The van der Waals surface area contributed by atoms with Gasteiger partial charge in [0.05, 0.1) is 21.8 Å². The van der Waals surface area contributed by atoms with Gasteiger partial charge in [0.1, 0.15) is 0 Å². The second-order valence-corrected chi connectivity index (χ2v) is 15.5. The Kier molecular flexibility index (Phi) is 10.7. The Morgan fingerprint density at radius 3 is 2.39 bits per heavy atom. The smallest absolute Gasteiger partial charge is 0.263 e. The highest BCUT2D eigenvalue weighted by Gasteiger charge is 2.22. The van der Waals surface area contributed by atoms with Crippen molar-refractivity contribution in [1.82, 2.24) is 15.1 Å². The minimum absolute atomic E-state index is 0.00955. The molecule has 0 amide bonds. The zero-order valence-corrected chi connectivity index (χ0v) is 30.1. The van der Waals surface area contributed by atoms with Crippen LogP contribution in [0, 0.1) is 0 Å². The lowest BCUT2D eigenvalue weighted by Crippen LogP contribution is -2.46. The number of thioether (sulfide) groups is 1. The molecule has 2 heterocycles. The Morgan fingerprint density at radius 2 is 1.61 bits per heavy atom. The van der Waals surface area contributed by atoms with Crippen LogP contribution in [-0.4, -0.2) is 67.2 Å². The van der Waals surface area contributed by atoms with E-state index in [9.17, 15) is 13.6 Å². The van der Waals surface area contributed by atoms with E-state index in [4.69, 9.17) is 11.6 Å². The summed E-state index contributed by atoms with van der Waals surface area (Å²) in [7, 11) is -4.01. The molecule has 10 nitrogen and oxygen atoms in total. The monoisotopic (exact) mass is 739 g/mol. The van der Waals surface area contributed by atoms with Crippen LogP contribution < -0.4 is 20.4 Å². The van der Waals surface area contributed by atoms with Gasteiger partial charge in [-0.25, -0.2) is 8.42 Å². The van der Waals surface area contributed by atoms with Gasteiger partial charge in [-0.05, 0) is 77.4 Å². The fraction of sp³-hybridized carbons (Fsp3) is 0.184. The van der Waals surface area contributed by atoms with E-state index in [1.54, 1.807) is 17.8 Å². The summed E-state index contributed by atoms with van der Waals surface area (Å²) in [6, 6.07) is 37.0. The molecular formula is C38H38ClN7O3S2. The van der Waals surface area contributed by atoms with E-state index < -0.39 is 10.0 Å². The summed E-state index contributed by atoms with van der Waals surface area (Å²) in [4.78, 5) is 5.96. The molecule has 0 radical (unpaired) electrons. The summed E-state index contributed by atoms with van der Waals surface area (Å²) in [5.41, 5.74) is 8.41. The highest BCUT2D eigenvalue weighted by atomic mass is 35.5. The van der Waals surface area contributed by atoms with E-state index in [0.29, 0.717) is 17.6 Å². The van der Waals surface area contributed by atoms with Gasteiger partial charge >= 0.3 is 0 Å². The molecule has 0 unspecified atom stereocenters. The third-order valence-electron chi connectivity index (χ3n) is 8.93. The van der Waals surface area contributed by atoms with Crippen molar-refractivity contribution in [3.63, 3.8) is 0 Å². The van der Waals surface area contributed by atoms with E-state index in [1.165, 1.54) is 23.3 Å². The number of halogens is 1. The van der Waals surface area contributed by atoms with Gasteiger partial charge in [0.15, 0.2) is 5.82 Å². The summed E-state index contributed by atoms with van der Waals surface area (Å²) in [5.74, 6) is 1.00. The molecule has 0 spiro atoms. The first-order valence-corrected chi connectivity index (χ1v) is 19.5. The van der Waals surface area contributed by atoms with Crippen molar-refractivity contribution in [2.24, 2.45) is 0 Å². The van der Waals surface area contributed by atoms with Gasteiger partial charge in [-0.3, -0.25) is 25.4 Å². The maximum absolute atomic E-state index is 13.4. The predicted octanol–water partition coefficient (Wildman–Crippen LogP) is 8.01. The molecule has 1 aliphatic rings. The first-order valence-electron chi connectivity index (χ1n) is 16.6. The number of hydrogen-bond acceptors (Lipinski definition) is 9. The number of H-pyrrole nitrogens is 1. The van der Waals surface area contributed by atoms with Crippen LogP contribution in [0.3, 0.4) is 0 Å². The maximum Gasteiger partial charge on any atom is 0.263 e. The first-order chi connectivity index (χ1) is 24.9. The molecule has 5 aromatic carbocycles. The Morgan fingerprint density at radius 1 is 0.843 bits per heavy atom. The van der Waals surface area contributed by atoms with E-state index in [0.717, 1.165) is 65.2 Å². The van der Waals surface area contributed by atoms with Crippen molar-refractivity contribution in [2.45, 2.75) is 16.3 Å². The number of aromatic amines is 1. The number of hydrogen-bond donors (Lipinski definition) is 5. The molecule has 0 aliphatic carbocycles. The molecule has 13 heteroatoms. The summed E-state index contributed by atoms with van der Waals surface area (Å²) >= 11 is 7.83. The van der Waals surface area contributed by atoms with Crippen LogP contribution in [-0.2, 0) is 16.6 Å². The molecule has 1 aliphatic heterocycles. The van der Waals surface area contributed by atoms with Crippen molar-refractivity contribution in [3.05, 3.63) is 126 Å².